The Morgan fingerprint density at radius 2 is 2.16 bits per heavy atom. The lowest BCUT2D eigenvalue weighted by molar-refractivity contribution is -0.119. The molecule has 1 rings (SSSR count). The summed E-state index contributed by atoms with van der Waals surface area (Å²) in [6, 6.07) is 8.64. The molecule has 1 atom stereocenters. The highest BCUT2D eigenvalue weighted by Gasteiger charge is 2.06. The first-order valence-corrected chi connectivity index (χ1v) is 5.88. The Hall–Kier alpha value is -2.10. The summed E-state index contributed by atoms with van der Waals surface area (Å²) in [5.74, 6) is 0.449. The van der Waals surface area contributed by atoms with Gasteiger partial charge in [-0.15, -0.1) is 0 Å². The van der Waals surface area contributed by atoms with Gasteiger partial charge in [0.2, 0.25) is 5.91 Å². The van der Waals surface area contributed by atoms with E-state index in [1.165, 1.54) is 0 Å². The molecule has 0 bridgehead atoms. The van der Waals surface area contributed by atoms with Crippen molar-refractivity contribution in [1.82, 2.24) is 10.6 Å². The summed E-state index contributed by atoms with van der Waals surface area (Å²) >= 11 is 0. The lowest BCUT2D eigenvalue weighted by Gasteiger charge is -2.13. The maximum atomic E-state index is 10.9. The number of aliphatic hydroxyl groups is 1. The van der Waals surface area contributed by atoms with Crippen LogP contribution in [0.4, 0.5) is 0 Å². The fraction of sp³-hybridized carbons (Fsp3) is 0.385. The highest BCUT2D eigenvalue weighted by Crippen LogP contribution is 2.11. The predicted molar refractivity (Wildman–Crippen MR) is 69.6 cm³/mol. The molecular weight excluding hydrogens is 246 g/mol. The van der Waals surface area contributed by atoms with Crippen LogP contribution in [0.25, 0.3) is 0 Å². The number of likely N-dealkylation sites (N-methyl/N-ethyl adjacent to an activating group) is 1. The third-order valence-corrected chi connectivity index (χ3v) is 2.37. The van der Waals surface area contributed by atoms with Gasteiger partial charge in [-0.05, 0) is 24.3 Å². The van der Waals surface area contributed by atoms with Crippen molar-refractivity contribution in [3.63, 3.8) is 0 Å². The van der Waals surface area contributed by atoms with Crippen molar-refractivity contribution < 1.29 is 14.6 Å². The van der Waals surface area contributed by atoms with E-state index in [-0.39, 0.29) is 25.6 Å². The first-order valence-electron chi connectivity index (χ1n) is 5.88. The predicted octanol–water partition coefficient (Wildman–Crippen LogP) is -0.366. The van der Waals surface area contributed by atoms with E-state index >= 15 is 0 Å². The Bertz CT molecular complexity index is 439. The number of amides is 1. The number of ether oxygens (including phenoxy) is 1. The van der Waals surface area contributed by atoms with Gasteiger partial charge in [0.25, 0.3) is 0 Å². The van der Waals surface area contributed by atoms with Crippen molar-refractivity contribution >= 4 is 5.91 Å². The standard InChI is InChI=1S/C13H17N3O3/c1-15-13(18)8-16-7-11(17)9-19-12-4-2-10(6-14)3-5-12/h2-5,11,16-17H,7-9H2,1H3,(H,15,18). The summed E-state index contributed by atoms with van der Waals surface area (Å²) in [6.45, 7) is 0.542. The van der Waals surface area contributed by atoms with Crippen molar-refractivity contribution in [2.24, 2.45) is 0 Å². The molecule has 0 heterocycles. The summed E-state index contributed by atoms with van der Waals surface area (Å²) in [4.78, 5) is 10.9. The minimum atomic E-state index is -0.708. The lowest BCUT2D eigenvalue weighted by Crippen LogP contribution is -2.37. The molecular formula is C13H17N3O3. The van der Waals surface area contributed by atoms with Gasteiger partial charge in [0, 0.05) is 13.6 Å². The third-order valence-electron chi connectivity index (χ3n) is 2.37. The van der Waals surface area contributed by atoms with Crippen LogP contribution in [0.5, 0.6) is 5.75 Å². The summed E-state index contributed by atoms with van der Waals surface area (Å²) in [6.07, 6.45) is -0.708. The number of hydrogen-bond acceptors (Lipinski definition) is 5. The Morgan fingerprint density at radius 1 is 1.47 bits per heavy atom. The second kappa shape index (κ2) is 8.08. The van der Waals surface area contributed by atoms with Crippen LogP contribution in [0.1, 0.15) is 5.56 Å². The number of carbonyl (C=O) groups excluding carboxylic acids is 1. The molecule has 6 heteroatoms. The van der Waals surface area contributed by atoms with E-state index in [4.69, 9.17) is 10.00 Å². The van der Waals surface area contributed by atoms with Crippen LogP contribution in [0.2, 0.25) is 0 Å². The molecule has 1 aromatic carbocycles. The molecule has 0 aromatic heterocycles. The molecule has 0 aliphatic carbocycles. The van der Waals surface area contributed by atoms with Gasteiger partial charge < -0.3 is 20.5 Å². The van der Waals surface area contributed by atoms with Gasteiger partial charge in [0.05, 0.1) is 18.2 Å². The van der Waals surface area contributed by atoms with Crippen LogP contribution < -0.4 is 15.4 Å². The zero-order chi connectivity index (χ0) is 14.1. The number of carbonyl (C=O) groups is 1. The topological polar surface area (TPSA) is 94.4 Å². The van der Waals surface area contributed by atoms with Gasteiger partial charge in [-0.25, -0.2) is 0 Å². The maximum absolute atomic E-state index is 10.9. The van der Waals surface area contributed by atoms with Crippen molar-refractivity contribution in [3.05, 3.63) is 29.8 Å². The minimum Gasteiger partial charge on any atom is -0.491 e. The molecule has 1 aromatic rings. The zero-order valence-electron chi connectivity index (χ0n) is 10.7. The smallest absolute Gasteiger partial charge is 0.233 e. The van der Waals surface area contributed by atoms with Gasteiger partial charge in [-0.3, -0.25) is 4.79 Å². The number of nitrogens with one attached hydrogen (secondary N) is 2. The molecule has 19 heavy (non-hydrogen) atoms. The normalized spacial score (nSPS) is 11.4. The molecule has 0 saturated heterocycles. The maximum Gasteiger partial charge on any atom is 0.233 e. The van der Waals surface area contributed by atoms with Crippen LogP contribution >= 0.6 is 0 Å². The second-order valence-electron chi connectivity index (χ2n) is 3.91. The molecule has 1 unspecified atom stereocenters. The van der Waals surface area contributed by atoms with Crippen LogP contribution in [0, 0.1) is 11.3 Å². The average Bonchev–Trinajstić information content (AvgIpc) is 2.45. The van der Waals surface area contributed by atoms with Crippen LogP contribution in [0.3, 0.4) is 0 Å². The first-order chi connectivity index (χ1) is 9.15. The van der Waals surface area contributed by atoms with Gasteiger partial charge in [-0.2, -0.15) is 5.26 Å². The van der Waals surface area contributed by atoms with E-state index < -0.39 is 6.10 Å². The summed E-state index contributed by atoms with van der Waals surface area (Å²) in [5.41, 5.74) is 0.556. The van der Waals surface area contributed by atoms with E-state index in [1.54, 1.807) is 31.3 Å². The van der Waals surface area contributed by atoms with Crippen molar-refractivity contribution in [2.75, 3.05) is 26.7 Å². The number of aliphatic hydroxyl groups excluding tert-OH is 1. The fourth-order valence-corrected chi connectivity index (χ4v) is 1.32. The first kappa shape index (κ1) is 15.0. The molecule has 102 valence electrons. The highest BCUT2D eigenvalue weighted by molar-refractivity contribution is 5.77. The summed E-state index contributed by atoms with van der Waals surface area (Å²) < 4.78 is 5.35. The van der Waals surface area contributed by atoms with E-state index in [1.807, 2.05) is 6.07 Å². The summed E-state index contributed by atoms with van der Waals surface area (Å²) in [5, 5.41) is 23.5. The Kier molecular flexibility index (Phi) is 6.36. The van der Waals surface area contributed by atoms with Crippen LogP contribution in [0.15, 0.2) is 24.3 Å². The van der Waals surface area contributed by atoms with Crippen molar-refractivity contribution in [3.8, 4) is 11.8 Å². The third kappa shape index (κ3) is 5.86. The molecule has 0 fully saturated rings. The molecule has 0 radical (unpaired) electrons. The molecule has 6 nitrogen and oxygen atoms in total. The van der Waals surface area contributed by atoms with Gasteiger partial charge in [0.15, 0.2) is 0 Å². The van der Waals surface area contributed by atoms with Gasteiger partial charge >= 0.3 is 0 Å². The number of rotatable bonds is 7. The van der Waals surface area contributed by atoms with Crippen molar-refractivity contribution in [1.29, 1.82) is 5.26 Å². The molecule has 0 saturated carbocycles. The minimum absolute atomic E-state index is 0.118. The number of nitriles is 1. The van der Waals surface area contributed by atoms with E-state index in [9.17, 15) is 9.90 Å². The van der Waals surface area contributed by atoms with Gasteiger partial charge in [-0.1, -0.05) is 0 Å². The van der Waals surface area contributed by atoms with Crippen LogP contribution in [-0.2, 0) is 4.79 Å². The van der Waals surface area contributed by atoms with E-state index in [0.717, 1.165) is 0 Å². The molecule has 1 amide bonds. The zero-order valence-corrected chi connectivity index (χ0v) is 10.7. The molecule has 0 aliphatic heterocycles. The Balaban J connectivity index is 2.24. The average molecular weight is 263 g/mol. The Labute approximate surface area is 112 Å². The fourth-order valence-electron chi connectivity index (χ4n) is 1.32. The Morgan fingerprint density at radius 3 is 2.74 bits per heavy atom. The quantitative estimate of drug-likeness (QED) is 0.624. The monoisotopic (exact) mass is 263 g/mol. The molecule has 0 aliphatic rings. The highest BCUT2D eigenvalue weighted by atomic mass is 16.5. The van der Waals surface area contributed by atoms with E-state index in [0.29, 0.717) is 11.3 Å². The van der Waals surface area contributed by atoms with E-state index in [2.05, 4.69) is 10.6 Å². The number of nitrogens with zero attached hydrogens (tertiary/aromatic N) is 1. The largest absolute Gasteiger partial charge is 0.491 e. The molecule has 3 N–H and O–H groups in total. The number of benzene rings is 1. The summed E-state index contributed by atoms with van der Waals surface area (Å²) in [7, 11) is 1.55. The second-order valence-corrected chi connectivity index (χ2v) is 3.91. The van der Waals surface area contributed by atoms with Crippen LogP contribution in [-0.4, -0.2) is 43.9 Å². The van der Waals surface area contributed by atoms with Gasteiger partial charge in [0.1, 0.15) is 18.5 Å². The SMILES string of the molecule is CNC(=O)CNCC(O)COc1ccc(C#N)cc1. The molecule has 0 spiro atoms. The number of hydrogen-bond donors (Lipinski definition) is 3. The lowest BCUT2D eigenvalue weighted by atomic mass is 10.2. The van der Waals surface area contributed by atoms with Crippen molar-refractivity contribution in [2.45, 2.75) is 6.10 Å².